The molecular formula is C11H21N5OS. The Morgan fingerprint density at radius 2 is 2.39 bits per heavy atom. The number of aromatic nitrogens is 4. The maximum atomic E-state index is 5.45. The van der Waals surface area contributed by atoms with E-state index in [1.165, 1.54) is 19.3 Å². The number of hydrogen-bond acceptors (Lipinski definition) is 6. The van der Waals surface area contributed by atoms with E-state index in [1.807, 2.05) is 11.7 Å². The number of tetrazole rings is 1. The summed E-state index contributed by atoms with van der Waals surface area (Å²) in [5, 5.41) is 16.5. The lowest BCUT2D eigenvalue weighted by Gasteiger charge is -2.27. The molecule has 0 radical (unpaired) electrons. The van der Waals surface area contributed by atoms with Crippen LogP contribution in [0.4, 0.5) is 0 Å². The lowest BCUT2D eigenvalue weighted by atomic mass is 9.97. The number of ether oxygens (including phenoxy) is 1. The smallest absolute Gasteiger partial charge is 0.209 e. The number of methoxy groups -OCH3 is 1. The van der Waals surface area contributed by atoms with Gasteiger partial charge in [-0.25, -0.2) is 4.68 Å². The molecule has 0 saturated heterocycles. The van der Waals surface area contributed by atoms with Crippen molar-refractivity contribution >= 4 is 11.8 Å². The second-order valence-corrected chi connectivity index (χ2v) is 5.82. The first kappa shape index (κ1) is 13.8. The van der Waals surface area contributed by atoms with Gasteiger partial charge in [0, 0.05) is 18.9 Å². The summed E-state index contributed by atoms with van der Waals surface area (Å²) >= 11 is 1.79. The molecule has 6 nitrogen and oxygen atoms in total. The summed E-state index contributed by atoms with van der Waals surface area (Å²) in [5.41, 5.74) is 0. The molecule has 102 valence electrons. The number of nitrogens with one attached hydrogen (secondary N) is 1. The molecule has 0 bridgehead atoms. The molecule has 1 aromatic heterocycles. The van der Waals surface area contributed by atoms with Crippen LogP contribution in [0.1, 0.15) is 25.7 Å². The molecule has 1 aromatic rings. The molecule has 1 N–H and O–H groups in total. The Labute approximate surface area is 112 Å². The van der Waals surface area contributed by atoms with Crippen molar-refractivity contribution in [3.8, 4) is 0 Å². The molecule has 18 heavy (non-hydrogen) atoms. The molecule has 1 saturated carbocycles. The fourth-order valence-corrected chi connectivity index (χ4v) is 3.44. The third kappa shape index (κ3) is 3.66. The van der Waals surface area contributed by atoms with Crippen molar-refractivity contribution in [2.24, 2.45) is 0 Å². The van der Waals surface area contributed by atoms with Crippen LogP contribution in [0.15, 0.2) is 5.16 Å². The molecule has 2 rings (SSSR count). The molecule has 0 aromatic carbocycles. The molecule has 2 atom stereocenters. The fourth-order valence-electron chi connectivity index (χ4n) is 2.21. The standard InChI is InChI=1S/C11H21N5OS/c1-12-6-7-16-11(13-14-15-16)18-10-5-3-4-9(8-10)17-2/h9-10,12H,3-8H2,1-2H3. The zero-order chi connectivity index (χ0) is 12.8. The molecule has 0 spiro atoms. The van der Waals surface area contributed by atoms with Crippen molar-refractivity contribution < 1.29 is 4.74 Å². The van der Waals surface area contributed by atoms with Crippen LogP contribution in [-0.4, -0.2) is 52.3 Å². The van der Waals surface area contributed by atoms with Crippen molar-refractivity contribution in [2.75, 3.05) is 20.7 Å². The Hall–Kier alpha value is -0.660. The summed E-state index contributed by atoms with van der Waals surface area (Å²) in [7, 11) is 3.73. The minimum atomic E-state index is 0.401. The molecule has 1 aliphatic rings. The van der Waals surface area contributed by atoms with E-state index in [2.05, 4.69) is 20.8 Å². The second-order valence-electron chi connectivity index (χ2n) is 4.55. The first-order chi connectivity index (χ1) is 8.83. The van der Waals surface area contributed by atoms with Gasteiger partial charge in [-0.3, -0.25) is 0 Å². The monoisotopic (exact) mass is 271 g/mol. The number of nitrogens with zero attached hydrogens (tertiary/aromatic N) is 4. The van der Waals surface area contributed by atoms with Gasteiger partial charge in [-0.1, -0.05) is 11.8 Å². The van der Waals surface area contributed by atoms with Gasteiger partial charge in [-0.15, -0.1) is 5.10 Å². The van der Waals surface area contributed by atoms with E-state index < -0.39 is 0 Å². The fraction of sp³-hybridized carbons (Fsp3) is 0.909. The summed E-state index contributed by atoms with van der Waals surface area (Å²) < 4.78 is 7.33. The van der Waals surface area contributed by atoms with Crippen molar-refractivity contribution in [2.45, 2.75) is 48.7 Å². The highest BCUT2D eigenvalue weighted by molar-refractivity contribution is 7.99. The molecular weight excluding hydrogens is 250 g/mol. The highest BCUT2D eigenvalue weighted by Gasteiger charge is 2.24. The maximum absolute atomic E-state index is 5.45. The van der Waals surface area contributed by atoms with Gasteiger partial charge in [-0.2, -0.15) is 0 Å². The largest absolute Gasteiger partial charge is 0.381 e. The highest BCUT2D eigenvalue weighted by Crippen LogP contribution is 2.33. The van der Waals surface area contributed by atoms with Crippen molar-refractivity contribution in [3.63, 3.8) is 0 Å². The average Bonchev–Trinajstić information content (AvgIpc) is 2.84. The van der Waals surface area contributed by atoms with Gasteiger partial charge in [0.05, 0.1) is 12.6 Å². The van der Waals surface area contributed by atoms with E-state index in [0.717, 1.165) is 24.7 Å². The second kappa shape index (κ2) is 7.06. The zero-order valence-corrected chi connectivity index (χ0v) is 11.8. The molecule has 1 heterocycles. The first-order valence-electron chi connectivity index (χ1n) is 6.43. The van der Waals surface area contributed by atoms with E-state index in [1.54, 1.807) is 18.9 Å². The minimum absolute atomic E-state index is 0.401. The first-order valence-corrected chi connectivity index (χ1v) is 7.31. The SMILES string of the molecule is CNCCn1nnnc1SC1CCCC(OC)C1. The average molecular weight is 271 g/mol. The quantitative estimate of drug-likeness (QED) is 0.831. The number of hydrogen-bond donors (Lipinski definition) is 1. The summed E-state index contributed by atoms with van der Waals surface area (Å²) in [6.45, 7) is 1.69. The highest BCUT2D eigenvalue weighted by atomic mass is 32.2. The Kier molecular flexibility index (Phi) is 5.40. The Balaban J connectivity index is 1.90. The zero-order valence-electron chi connectivity index (χ0n) is 11.0. The summed E-state index contributed by atoms with van der Waals surface area (Å²) in [5.74, 6) is 0. The van der Waals surface area contributed by atoms with Crippen molar-refractivity contribution in [3.05, 3.63) is 0 Å². The third-order valence-corrected chi connectivity index (χ3v) is 4.52. The Morgan fingerprint density at radius 1 is 1.50 bits per heavy atom. The van der Waals surface area contributed by atoms with Gasteiger partial charge in [0.25, 0.3) is 0 Å². The van der Waals surface area contributed by atoms with Crippen LogP contribution in [0.5, 0.6) is 0 Å². The van der Waals surface area contributed by atoms with E-state index in [4.69, 9.17) is 4.74 Å². The van der Waals surface area contributed by atoms with Crippen LogP contribution < -0.4 is 5.32 Å². The van der Waals surface area contributed by atoms with Gasteiger partial charge in [0.2, 0.25) is 5.16 Å². The molecule has 1 aliphatic carbocycles. The van der Waals surface area contributed by atoms with Gasteiger partial charge in [-0.05, 0) is 43.2 Å². The Bertz CT molecular complexity index is 359. The topological polar surface area (TPSA) is 64.9 Å². The Morgan fingerprint density at radius 3 is 3.17 bits per heavy atom. The lowest BCUT2D eigenvalue weighted by molar-refractivity contribution is 0.0730. The van der Waals surface area contributed by atoms with E-state index in [0.29, 0.717) is 11.4 Å². The number of thioether (sulfide) groups is 1. The van der Waals surface area contributed by atoms with Gasteiger partial charge < -0.3 is 10.1 Å². The van der Waals surface area contributed by atoms with Gasteiger partial charge in [0.15, 0.2) is 0 Å². The summed E-state index contributed by atoms with van der Waals surface area (Å²) in [6, 6.07) is 0. The van der Waals surface area contributed by atoms with Crippen LogP contribution in [0.25, 0.3) is 0 Å². The van der Waals surface area contributed by atoms with Crippen LogP contribution in [0, 0.1) is 0 Å². The molecule has 0 amide bonds. The van der Waals surface area contributed by atoms with E-state index in [9.17, 15) is 0 Å². The lowest BCUT2D eigenvalue weighted by Crippen LogP contribution is -2.24. The third-order valence-electron chi connectivity index (χ3n) is 3.26. The van der Waals surface area contributed by atoms with Crippen LogP contribution in [-0.2, 0) is 11.3 Å². The normalized spacial score (nSPS) is 24.3. The van der Waals surface area contributed by atoms with Crippen molar-refractivity contribution in [1.29, 1.82) is 0 Å². The molecule has 7 heteroatoms. The number of likely N-dealkylation sites (N-methyl/N-ethyl adjacent to an activating group) is 1. The van der Waals surface area contributed by atoms with Crippen LogP contribution >= 0.6 is 11.8 Å². The predicted octanol–water partition coefficient (Wildman–Crippen LogP) is 0.942. The summed E-state index contributed by atoms with van der Waals surface area (Å²) in [6.07, 6.45) is 5.13. The predicted molar refractivity (Wildman–Crippen MR) is 70.7 cm³/mol. The molecule has 2 unspecified atom stereocenters. The molecule has 1 fully saturated rings. The minimum Gasteiger partial charge on any atom is -0.381 e. The maximum Gasteiger partial charge on any atom is 0.209 e. The number of rotatable bonds is 6. The van der Waals surface area contributed by atoms with Gasteiger partial charge >= 0.3 is 0 Å². The van der Waals surface area contributed by atoms with Gasteiger partial charge in [0.1, 0.15) is 0 Å². The van der Waals surface area contributed by atoms with Crippen LogP contribution in [0.2, 0.25) is 0 Å². The van der Waals surface area contributed by atoms with Crippen LogP contribution in [0.3, 0.4) is 0 Å². The van der Waals surface area contributed by atoms with Crippen molar-refractivity contribution in [1.82, 2.24) is 25.5 Å². The summed E-state index contributed by atoms with van der Waals surface area (Å²) in [4.78, 5) is 0. The van der Waals surface area contributed by atoms with E-state index in [-0.39, 0.29) is 0 Å². The molecule has 0 aliphatic heterocycles. The van der Waals surface area contributed by atoms with E-state index >= 15 is 0 Å².